The van der Waals surface area contributed by atoms with Crippen molar-refractivity contribution in [3.8, 4) is 0 Å². The average Bonchev–Trinajstić information content (AvgIpc) is 2.47. The molecule has 0 aromatic carbocycles. The van der Waals surface area contributed by atoms with Crippen LogP contribution in [0.25, 0.3) is 0 Å². The number of hydrogen-bond acceptors (Lipinski definition) is 4. The Kier molecular flexibility index (Phi) is 5.27. The molecule has 2 aromatic rings. The zero-order valence-electron chi connectivity index (χ0n) is 11.5. The van der Waals surface area contributed by atoms with Gasteiger partial charge in [-0.15, -0.1) is 0 Å². The lowest BCUT2D eigenvalue weighted by molar-refractivity contribution is 0.529. The van der Waals surface area contributed by atoms with E-state index in [0.29, 0.717) is 12.1 Å². The maximum Gasteiger partial charge on any atom is 0.242 e. The summed E-state index contributed by atoms with van der Waals surface area (Å²) in [6.45, 7) is 1.99. The minimum absolute atomic E-state index is 0.0482. The molecule has 0 bridgehead atoms. The summed E-state index contributed by atoms with van der Waals surface area (Å²) in [5.74, 6) is 0. The molecule has 5 nitrogen and oxygen atoms in total. The van der Waals surface area contributed by atoms with Crippen LogP contribution in [0.2, 0.25) is 5.02 Å². The van der Waals surface area contributed by atoms with Gasteiger partial charge < -0.3 is 0 Å². The Balaban J connectivity index is 2.28. The Morgan fingerprint density at radius 3 is 2.76 bits per heavy atom. The third-order valence-corrected chi connectivity index (χ3v) is 4.56. The van der Waals surface area contributed by atoms with Gasteiger partial charge in [-0.3, -0.25) is 9.97 Å². The molecule has 0 spiro atoms. The Morgan fingerprint density at radius 1 is 1.33 bits per heavy atom. The van der Waals surface area contributed by atoms with Crippen molar-refractivity contribution >= 4 is 21.6 Å². The molecule has 0 aliphatic heterocycles. The highest BCUT2D eigenvalue weighted by Gasteiger charge is 2.22. The lowest BCUT2D eigenvalue weighted by atomic mass is 10.1. The van der Waals surface area contributed by atoms with Gasteiger partial charge >= 0.3 is 0 Å². The highest BCUT2D eigenvalue weighted by atomic mass is 35.5. The topological polar surface area (TPSA) is 72.0 Å². The molecular formula is C14H16ClN3O2S. The van der Waals surface area contributed by atoms with Crippen molar-refractivity contribution in [1.29, 1.82) is 0 Å². The average molecular weight is 326 g/mol. The van der Waals surface area contributed by atoms with Crippen molar-refractivity contribution in [1.82, 2.24) is 14.7 Å². The number of pyridine rings is 2. The van der Waals surface area contributed by atoms with Crippen LogP contribution in [0.1, 0.15) is 31.5 Å². The zero-order valence-corrected chi connectivity index (χ0v) is 13.1. The quantitative estimate of drug-likeness (QED) is 0.886. The van der Waals surface area contributed by atoms with E-state index in [2.05, 4.69) is 14.7 Å². The third-order valence-electron chi connectivity index (χ3n) is 2.91. The second-order valence-electron chi connectivity index (χ2n) is 4.56. The molecule has 0 fully saturated rings. The number of hydrogen-bond donors (Lipinski definition) is 1. The molecule has 112 valence electrons. The van der Waals surface area contributed by atoms with E-state index in [0.717, 1.165) is 6.42 Å². The van der Waals surface area contributed by atoms with Gasteiger partial charge in [-0.2, -0.15) is 0 Å². The normalized spacial score (nSPS) is 13.0. The van der Waals surface area contributed by atoms with Crippen LogP contribution in [-0.4, -0.2) is 18.4 Å². The Labute approximate surface area is 129 Å². The van der Waals surface area contributed by atoms with E-state index in [4.69, 9.17) is 11.6 Å². The van der Waals surface area contributed by atoms with Gasteiger partial charge in [0.1, 0.15) is 4.90 Å². The SMILES string of the molecule is CCCC(NS(=O)(=O)c1cncc(Cl)c1)c1ccccn1. The molecule has 0 amide bonds. The predicted molar refractivity (Wildman–Crippen MR) is 81.5 cm³/mol. The number of rotatable bonds is 6. The first-order valence-corrected chi connectivity index (χ1v) is 8.43. The standard InChI is InChI=1S/C14H16ClN3O2S/c1-2-5-14(13-6-3-4-7-17-13)18-21(19,20)12-8-11(15)9-16-10-12/h3-4,6-10,14,18H,2,5H2,1H3. The van der Waals surface area contributed by atoms with Gasteiger partial charge in [-0.05, 0) is 24.6 Å². The van der Waals surface area contributed by atoms with Gasteiger partial charge in [0.2, 0.25) is 10.0 Å². The van der Waals surface area contributed by atoms with E-state index < -0.39 is 10.0 Å². The third kappa shape index (κ3) is 4.23. The van der Waals surface area contributed by atoms with Gasteiger partial charge in [0.25, 0.3) is 0 Å². The van der Waals surface area contributed by atoms with E-state index in [9.17, 15) is 8.42 Å². The van der Waals surface area contributed by atoms with Gasteiger partial charge in [0.15, 0.2) is 0 Å². The van der Waals surface area contributed by atoms with Gasteiger partial charge in [0, 0.05) is 18.6 Å². The van der Waals surface area contributed by atoms with Crippen molar-refractivity contribution in [2.24, 2.45) is 0 Å². The highest BCUT2D eigenvalue weighted by molar-refractivity contribution is 7.89. The summed E-state index contributed by atoms with van der Waals surface area (Å²) < 4.78 is 27.5. The van der Waals surface area contributed by atoms with E-state index in [1.54, 1.807) is 18.3 Å². The van der Waals surface area contributed by atoms with Crippen molar-refractivity contribution in [2.75, 3.05) is 0 Å². The largest absolute Gasteiger partial charge is 0.262 e. The molecular weight excluding hydrogens is 310 g/mol. The summed E-state index contributed by atoms with van der Waals surface area (Å²) in [7, 11) is -3.69. The fourth-order valence-electron chi connectivity index (χ4n) is 1.93. The lowest BCUT2D eigenvalue weighted by Gasteiger charge is -2.17. The van der Waals surface area contributed by atoms with E-state index in [-0.39, 0.29) is 16.0 Å². The number of halogens is 1. The Bertz CT molecular complexity index is 692. The second-order valence-corrected chi connectivity index (χ2v) is 6.71. The molecule has 2 rings (SSSR count). The number of nitrogens with zero attached hydrogens (tertiary/aromatic N) is 2. The van der Waals surface area contributed by atoms with Gasteiger partial charge in [0.05, 0.1) is 16.8 Å². The Morgan fingerprint density at radius 2 is 2.14 bits per heavy atom. The molecule has 2 heterocycles. The summed E-state index contributed by atoms with van der Waals surface area (Å²) in [4.78, 5) is 8.08. The molecule has 0 saturated heterocycles. The van der Waals surface area contributed by atoms with Crippen LogP contribution in [0.5, 0.6) is 0 Å². The molecule has 1 unspecified atom stereocenters. The molecule has 0 aliphatic carbocycles. The minimum Gasteiger partial charge on any atom is -0.262 e. The fraction of sp³-hybridized carbons (Fsp3) is 0.286. The van der Waals surface area contributed by atoms with Gasteiger partial charge in [-0.25, -0.2) is 13.1 Å². The summed E-state index contributed by atoms with van der Waals surface area (Å²) in [6, 6.07) is 6.43. The van der Waals surface area contributed by atoms with E-state index >= 15 is 0 Å². The van der Waals surface area contributed by atoms with Crippen LogP contribution >= 0.6 is 11.6 Å². The first kappa shape index (κ1) is 15.9. The summed E-state index contributed by atoms with van der Waals surface area (Å²) in [5.41, 5.74) is 0.693. The summed E-state index contributed by atoms with van der Waals surface area (Å²) in [5, 5.41) is 0.280. The molecule has 0 aliphatic rings. The van der Waals surface area contributed by atoms with Crippen LogP contribution in [0.4, 0.5) is 0 Å². The molecule has 0 saturated carbocycles. The van der Waals surface area contributed by atoms with E-state index in [1.165, 1.54) is 18.5 Å². The highest BCUT2D eigenvalue weighted by Crippen LogP contribution is 2.20. The first-order valence-electron chi connectivity index (χ1n) is 6.56. The van der Waals surface area contributed by atoms with Crippen LogP contribution in [-0.2, 0) is 10.0 Å². The molecule has 7 heteroatoms. The summed E-state index contributed by atoms with van der Waals surface area (Å²) in [6.07, 6.45) is 5.80. The maximum atomic E-state index is 12.4. The van der Waals surface area contributed by atoms with Crippen LogP contribution in [0.15, 0.2) is 47.8 Å². The first-order chi connectivity index (χ1) is 10.0. The predicted octanol–water partition coefficient (Wildman–Crippen LogP) is 2.95. The van der Waals surface area contributed by atoms with Crippen molar-refractivity contribution in [2.45, 2.75) is 30.7 Å². The molecule has 2 aromatic heterocycles. The maximum absolute atomic E-state index is 12.4. The minimum atomic E-state index is -3.69. The molecule has 0 radical (unpaired) electrons. The van der Waals surface area contributed by atoms with Crippen LogP contribution < -0.4 is 4.72 Å². The Hall–Kier alpha value is -1.50. The number of nitrogens with one attached hydrogen (secondary N) is 1. The zero-order chi connectivity index (χ0) is 15.3. The summed E-state index contributed by atoms with van der Waals surface area (Å²) >= 11 is 5.80. The molecule has 1 atom stereocenters. The number of aromatic nitrogens is 2. The second kappa shape index (κ2) is 6.98. The molecule has 21 heavy (non-hydrogen) atoms. The van der Waals surface area contributed by atoms with Crippen LogP contribution in [0.3, 0.4) is 0 Å². The van der Waals surface area contributed by atoms with Gasteiger partial charge in [-0.1, -0.05) is 31.0 Å². The van der Waals surface area contributed by atoms with Crippen molar-refractivity contribution in [3.05, 3.63) is 53.6 Å². The monoisotopic (exact) mass is 325 g/mol. The van der Waals surface area contributed by atoms with Crippen LogP contribution in [0, 0.1) is 0 Å². The van der Waals surface area contributed by atoms with Crippen molar-refractivity contribution in [3.63, 3.8) is 0 Å². The van der Waals surface area contributed by atoms with E-state index in [1.807, 2.05) is 13.0 Å². The smallest absolute Gasteiger partial charge is 0.242 e. The van der Waals surface area contributed by atoms with Crippen molar-refractivity contribution < 1.29 is 8.42 Å². The molecule has 1 N–H and O–H groups in total. The number of sulfonamides is 1. The fourth-order valence-corrected chi connectivity index (χ4v) is 3.40. The lowest BCUT2D eigenvalue weighted by Crippen LogP contribution is -2.29.